The molecule has 0 saturated carbocycles. The number of aryl methyl sites for hydroxylation is 2. The summed E-state index contributed by atoms with van der Waals surface area (Å²) in [4.78, 5) is 2.45. The number of benzene rings is 12. The molecule has 3 nitrogen and oxygen atoms in total. The van der Waals surface area contributed by atoms with E-state index >= 15 is 0 Å². The Labute approximate surface area is 518 Å². The minimum absolute atomic E-state index is 0.337. The van der Waals surface area contributed by atoms with Gasteiger partial charge in [0.25, 0.3) is 0 Å². The standard InChI is InChI=1S/C85H70N2O/c1-5-61-30-34-65(35-31-61)67-40-50-83-79(56-67)80-57-68(41-51-84(80)87(83)70-26-16-11-17-27-70)78-55-59(3)77(54-60(78)4)66-38-44-72(45-39-66)86(71-42-36-64(37-43-71)63-22-12-9-13-23-63)73-46-49-76-75-28-18-19-29-81(75)85(82(76)58-73,69-24-14-10-15-25-69)52-20-7-8-21-53-88-74-47-32-62(6-2)33-48-74/h5-6,9-19,22-51,54-58H,1-2,7-8,20-21,52-53H2,3-4H3. The zero-order valence-electron chi connectivity index (χ0n) is 50.2. The van der Waals surface area contributed by atoms with Crippen LogP contribution in [-0.2, 0) is 5.41 Å². The van der Waals surface area contributed by atoms with Crippen molar-refractivity contribution in [2.75, 3.05) is 11.5 Å². The Morgan fingerprint density at radius 1 is 0.386 bits per heavy atom. The number of hydrogen-bond acceptors (Lipinski definition) is 2. The molecule has 0 radical (unpaired) electrons. The maximum absolute atomic E-state index is 6.17. The van der Waals surface area contributed by atoms with Crippen molar-refractivity contribution in [1.82, 2.24) is 4.57 Å². The summed E-state index contributed by atoms with van der Waals surface area (Å²) in [5.41, 5.74) is 27.5. The number of para-hydroxylation sites is 1. The summed E-state index contributed by atoms with van der Waals surface area (Å²) < 4.78 is 8.57. The molecule has 0 amide bonds. The molecule has 0 N–H and O–H groups in total. The molecule has 1 heterocycles. The highest BCUT2D eigenvalue weighted by Crippen LogP contribution is 2.56. The largest absolute Gasteiger partial charge is 0.494 e. The van der Waals surface area contributed by atoms with Gasteiger partial charge in [-0.25, -0.2) is 0 Å². The molecule has 1 aliphatic rings. The van der Waals surface area contributed by atoms with Gasteiger partial charge in [-0.05, 0) is 206 Å². The van der Waals surface area contributed by atoms with Crippen molar-refractivity contribution in [2.24, 2.45) is 0 Å². The lowest BCUT2D eigenvalue weighted by Crippen LogP contribution is -2.27. The fourth-order valence-electron chi connectivity index (χ4n) is 13.8. The molecule has 88 heavy (non-hydrogen) atoms. The predicted molar refractivity (Wildman–Crippen MR) is 374 cm³/mol. The Bertz CT molecular complexity index is 4660. The maximum Gasteiger partial charge on any atom is 0.119 e. The molecule has 14 rings (SSSR count). The van der Waals surface area contributed by atoms with E-state index in [4.69, 9.17) is 4.74 Å². The van der Waals surface area contributed by atoms with Gasteiger partial charge in [-0.2, -0.15) is 0 Å². The van der Waals surface area contributed by atoms with Gasteiger partial charge in [0.15, 0.2) is 0 Å². The van der Waals surface area contributed by atoms with E-state index in [1.165, 1.54) is 105 Å². The number of rotatable bonds is 19. The minimum Gasteiger partial charge on any atom is -0.494 e. The Kier molecular flexibility index (Phi) is 15.2. The lowest BCUT2D eigenvalue weighted by molar-refractivity contribution is 0.303. The third kappa shape index (κ3) is 10.4. The fraction of sp³-hybridized carbons (Fsp3) is 0.106. The summed E-state index contributed by atoms with van der Waals surface area (Å²) in [5, 5.41) is 2.46. The van der Waals surface area contributed by atoms with E-state index < -0.39 is 0 Å². The van der Waals surface area contributed by atoms with Gasteiger partial charge >= 0.3 is 0 Å². The summed E-state index contributed by atoms with van der Waals surface area (Å²) >= 11 is 0. The first-order chi connectivity index (χ1) is 43.3. The van der Waals surface area contributed by atoms with E-state index in [1.807, 2.05) is 24.3 Å². The van der Waals surface area contributed by atoms with Crippen molar-refractivity contribution in [3.63, 3.8) is 0 Å². The third-order valence-electron chi connectivity index (χ3n) is 18.3. The normalized spacial score (nSPS) is 13.3. The van der Waals surface area contributed by atoms with Crippen LogP contribution in [0, 0.1) is 13.8 Å². The minimum atomic E-state index is -0.337. The molecule has 0 spiro atoms. The predicted octanol–water partition coefficient (Wildman–Crippen LogP) is 23.2. The van der Waals surface area contributed by atoms with Gasteiger partial charge in [-0.3, -0.25) is 0 Å². The van der Waals surface area contributed by atoms with E-state index in [9.17, 15) is 0 Å². The van der Waals surface area contributed by atoms with Gasteiger partial charge in [0.1, 0.15) is 5.75 Å². The first kappa shape index (κ1) is 55.4. The van der Waals surface area contributed by atoms with Crippen molar-refractivity contribution in [3.05, 3.63) is 331 Å². The number of unbranched alkanes of at least 4 members (excludes halogenated alkanes) is 3. The van der Waals surface area contributed by atoms with Crippen LogP contribution in [0.2, 0.25) is 0 Å². The SMILES string of the molecule is C=Cc1ccc(OCCCCCCC2(c3ccccc3)c3ccccc3-c3ccc(N(c4ccc(-c5ccccc5)cc4)c4ccc(-c5cc(C)c(-c6ccc7c(c6)c6cc(-c8ccc(C=C)cc8)ccc6n7-c6ccccc6)cc5C)cc4)cc32)cc1. The number of aromatic nitrogens is 1. The van der Waals surface area contributed by atoms with Crippen LogP contribution in [0.1, 0.15) is 71.0 Å². The molecule has 0 aliphatic heterocycles. The smallest absolute Gasteiger partial charge is 0.119 e. The maximum atomic E-state index is 6.17. The molecule has 0 bridgehead atoms. The number of hydrogen-bond donors (Lipinski definition) is 0. The molecule has 3 heteroatoms. The molecule has 0 fully saturated rings. The van der Waals surface area contributed by atoms with Crippen molar-refractivity contribution in [3.8, 4) is 67.1 Å². The Balaban J connectivity index is 0.805. The van der Waals surface area contributed by atoms with Gasteiger partial charge in [-0.15, -0.1) is 0 Å². The van der Waals surface area contributed by atoms with Crippen LogP contribution in [0.25, 0.3) is 95.3 Å². The Morgan fingerprint density at radius 2 is 0.875 bits per heavy atom. The number of ether oxygens (including phenoxy) is 1. The molecule has 1 atom stereocenters. The van der Waals surface area contributed by atoms with Crippen LogP contribution in [0.3, 0.4) is 0 Å². The van der Waals surface area contributed by atoms with Crippen LogP contribution in [0.15, 0.2) is 292 Å². The van der Waals surface area contributed by atoms with E-state index in [2.05, 4.69) is 303 Å². The van der Waals surface area contributed by atoms with Crippen molar-refractivity contribution >= 4 is 51.0 Å². The van der Waals surface area contributed by atoms with Gasteiger partial charge in [0.2, 0.25) is 0 Å². The quantitative estimate of drug-likeness (QED) is 0.0751. The van der Waals surface area contributed by atoms with Crippen LogP contribution < -0.4 is 9.64 Å². The molecule has 1 aromatic heterocycles. The van der Waals surface area contributed by atoms with Crippen molar-refractivity contribution in [1.29, 1.82) is 0 Å². The number of anilines is 3. The molecular weight excluding hydrogens is 1060 g/mol. The molecule has 1 aliphatic carbocycles. The lowest BCUT2D eigenvalue weighted by Gasteiger charge is -2.34. The monoisotopic (exact) mass is 1130 g/mol. The van der Waals surface area contributed by atoms with Crippen LogP contribution in [-0.4, -0.2) is 11.2 Å². The van der Waals surface area contributed by atoms with Gasteiger partial charge in [0.05, 0.1) is 17.6 Å². The summed E-state index contributed by atoms with van der Waals surface area (Å²) in [6.07, 6.45) is 9.06. The van der Waals surface area contributed by atoms with Gasteiger partial charge in [0, 0.05) is 38.9 Å². The van der Waals surface area contributed by atoms with E-state index in [0.29, 0.717) is 6.61 Å². The Morgan fingerprint density at radius 3 is 1.53 bits per heavy atom. The highest BCUT2D eigenvalue weighted by Gasteiger charge is 2.44. The van der Waals surface area contributed by atoms with E-state index in [-0.39, 0.29) is 5.41 Å². The van der Waals surface area contributed by atoms with Crippen LogP contribution >= 0.6 is 0 Å². The van der Waals surface area contributed by atoms with Crippen LogP contribution in [0.4, 0.5) is 17.1 Å². The fourth-order valence-corrected chi connectivity index (χ4v) is 13.8. The summed E-state index contributed by atoms with van der Waals surface area (Å²) in [6, 6.07) is 103. The molecule has 1 unspecified atom stereocenters. The lowest BCUT2D eigenvalue weighted by atomic mass is 9.69. The highest BCUT2D eigenvalue weighted by atomic mass is 16.5. The summed E-state index contributed by atoms with van der Waals surface area (Å²) in [6.45, 7) is 13.1. The van der Waals surface area contributed by atoms with Gasteiger partial charge in [-0.1, -0.05) is 239 Å². The first-order valence-corrected chi connectivity index (χ1v) is 31.0. The second-order valence-corrected chi connectivity index (χ2v) is 23.6. The zero-order chi connectivity index (χ0) is 59.6. The van der Waals surface area contributed by atoms with Crippen molar-refractivity contribution < 1.29 is 4.74 Å². The molecular formula is C85H70N2O. The summed E-state index contributed by atoms with van der Waals surface area (Å²) in [7, 11) is 0. The van der Waals surface area contributed by atoms with Crippen molar-refractivity contribution in [2.45, 2.75) is 51.4 Å². The first-order valence-electron chi connectivity index (χ1n) is 31.0. The third-order valence-corrected chi connectivity index (χ3v) is 18.3. The van der Waals surface area contributed by atoms with Gasteiger partial charge < -0.3 is 14.2 Å². The highest BCUT2D eigenvalue weighted by molar-refractivity contribution is 6.12. The average Bonchev–Trinajstić information content (AvgIpc) is 1.57. The van der Waals surface area contributed by atoms with Crippen LogP contribution in [0.5, 0.6) is 5.75 Å². The Hall–Kier alpha value is -10.5. The second-order valence-electron chi connectivity index (χ2n) is 23.6. The molecule has 0 saturated heterocycles. The summed E-state index contributed by atoms with van der Waals surface area (Å²) in [5.74, 6) is 0.911. The zero-order valence-corrected chi connectivity index (χ0v) is 50.2. The average molecular weight is 1140 g/mol. The van der Waals surface area contributed by atoms with E-state index in [1.54, 1.807) is 0 Å². The number of nitrogens with zero attached hydrogens (tertiary/aromatic N) is 2. The topological polar surface area (TPSA) is 17.4 Å². The number of fused-ring (bicyclic) bond motifs is 6. The molecule has 13 aromatic rings. The van der Waals surface area contributed by atoms with E-state index in [0.717, 1.165) is 71.7 Å². The molecule has 426 valence electrons. The molecule has 12 aromatic carbocycles. The second kappa shape index (κ2) is 24.1.